The first-order valence-electron chi connectivity index (χ1n) is 4.09. The molecular weight excluding hydrogens is 184 g/mol. The minimum absolute atomic E-state index is 0.277. The first kappa shape index (κ1) is 8.67. The zero-order valence-corrected chi connectivity index (χ0v) is 8.17. The Labute approximate surface area is 79.5 Å². The average molecular weight is 194 g/mol. The molecule has 0 saturated heterocycles. The zero-order valence-electron chi connectivity index (χ0n) is 8.17. The van der Waals surface area contributed by atoms with Crippen LogP contribution in [0.1, 0.15) is 5.69 Å². The highest BCUT2D eigenvalue weighted by molar-refractivity contribution is 5.31. The van der Waals surface area contributed by atoms with Crippen molar-refractivity contribution >= 4 is 0 Å². The summed E-state index contributed by atoms with van der Waals surface area (Å²) in [6, 6.07) is 0. The van der Waals surface area contributed by atoms with Crippen LogP contribution < -0.4 is 5.69 Å². The minimum atomic E-state index is -0.277. The Kier molecular flexibility index (Phi) is 1.73. The maximum atomic E-state index is 11.5. The van der Waals surface area contributed by atoms with Crippen LogP contribution in [-0.4, -0.2) is 29.6 Å². The molecule has 2 aromatic rings. The Morgan fingerprint density at radius 2 is 2.00 bits per heavy atom. The van der Waals surface area contributed by atoms with E-state index in [2.05, 4.69) is 15.5 Å². The summed E-state index contributed by atoms with van der Waals surface area (Å²) in [5, 5.41) is 11.5. The summed E-state index contributed by atoms with van der Waals surface area (Å²) in [4.78, 5) is 11.5. The van der Waals surface area contributed by atoms with Crippen molar-refractivity contribution in [1.82, 2.24) is 29.6 Å². The van der Waals surface area contributed by atoms with E-state index in [1.807, 2.05) is 6.92 Å². The van der Waals surface area contributed by atoms with E-state index in [9.17, 15) is 4.79 Å². The summed E-state index contributed by atoms with van der Waals surface area (Å²) in [6.07, 6.45) is 1.73. The first-order chi connectivity index (χ1) is 6.59. The average Bonchev–Trinajstić information content (AvgIpc) is 2.59. The third kappa shape index (κ3) is 1.13. The van der Waals surface area contributed by atoms with Gasteiger partial charge >= 0.3 is 5.69 Å². The molecule has 0 fully saturated rings. The summed E-state index contributed by atoms with van der Waals surface area (Å²) in [5.41, 5.74) is 1.13. The van der Waals surface area contributed by atoms with E-state index in [4.69, 9.17) is 0 Å². The van der Waals surface area contributed by atoms with E-state index in [1.54, 1.807) is 25.0 Å². The van der Waals surface area contributed by atoms with E-state index in [0.717, 1.165) is 5.69 Å². The number of tetrazole rings is 1. The number of hydrogen-bond donors (Lipinski definition) is 0. The van der Waals surface area contributed by atoms with Gasteiger partial charge in [0, 0.05) is 14.1 Å². The fourth-order valence-corrected chi connectivity index (χ4v) is 1.26. The van der Waals surface area contributed by atoms with Crippen LogP contribution in [0.4, 0.5) is 0 Å². The van der Waals surface area contributed by atoms with Crippen LogP contribution in [0.3, 0.4) is 0 Å². The molecule has 0 aliphatic carbocycles. The molecule has 0 aromatic carbocycles. The van der Waals surface area contributed by atoms with Crippen LogP contribution in [0.25, 0.3) is 5.69 Å². The van der Waals surface area contributed by atoms with Gasteiger partial charge < -0.3 is 0 Å². The van der Waals surface area contributed by atoms with Gasteiger partial charge in [0.05, 0.1) is 11.9 Å². The standard InChI is InChI=1S/C7H10N6O/c1-5-6(4-11(2)8-5)13-7(14)12(3)9-10-13/h4H,1-3H3. The van der Waals surface area contributed by atoms with Crippen molar-refractivity contribution in [3.8, 4) is 5.69 Å². The van der Waals surface area contributed by atoms with Crippen molar-refractivity contribution < 1.29 is 0 Å². The molecule has 0 aliphatic rings. The van der Waals surface area contributed by atoms with Crippen molar-refractivity contribution in [2.45, 2.75) is 6.92 Å². The van der Waals surface area contributed by atoms with Crippen molar-refractivity contribution in [3.63, 3.8) is 0 Å². The van der Waals surface area contributed by atoms with Gasteiger partial charge in [-0.05, 0) is 17.4 Å². The second-order valence-electron chi connectivity index (χ2n) is 3.07. The van der Waals surface area contributed by atoms with Crippen LogP contribution in [0.5, 0.6) is 0 Å². The maximum absolute atomic E-state index is 11.5. The number of aryl methyl sites for hydroxylation is 3. The van der Waals surface area contributed by atoms with E-state index < -0.39 is 0 Å². The molecule has 0 amide bonds. The lowest BCUT2D eigenvalue weighted by Crippen LogP contribution is -2.22. The van der Waals surface area contributed by atoms with Gasteiger partial charge in [-0.1, -0.05) is 0 Å². The highest BCUT2D eigenvalue weighted by Gasteiger charge is 2.10. The molecule has 74 valence electrons. The van der Waals surface area contributed by atoms with Crippen molar-refractivity contribution in [1.29, 1.82) is 0 Å². The number of hydrogen-bond acceptors (Lipinski definition) is 4. The van der Waals surface area contributed by atoms with Gasteiger partial charge in [0.2, 0.25) is 0 Å². The second-order valence-corrected chi connectivity index (χ2v) is 3.07. The predicted molar refractivity (Wildman–Crippen MR) is 48.1 cm³/mol. The molecule has 0 unspecified atom stereocenters. The largest absolute Gasteiger partial charge is 0.368 e. The fourth-order valence-electron chi connectivity index (χ4n) is 1.26. The predicted octanol–water partition coefficient (Wildman–Crippen LogP) is -0.992. The molecular formula is C7H10N6O. The molecule has 14 heavy (non-hydrogen) atoms. The fraction of sp³-hybridized carbons (Fsp3) is 0.429. The molecule has 0 spiro atoms. The Hall–Kier alpha value is -1.92. The van der Waals surface area contributed by atoms with Crippen LogP contribution >= 0.6 is 0 Å². The monoisotopic (exact) mass is 194 g/mol. The maximum Gasteiger partial charge on any atom is 0.368 e. The summed E-state index contributed by atoms with van der Waals surface area (Å²) < 4.78 is 4.03. The number of aromatic nitrogens is 6. The normalized spacial score (nSPS) is 10.8. The van der Waals surface area contributed by atoms with Crippen molar-refractivity contribution in [3.05, 3.63) is 22.4 Å². The molecule has 0 atom stereocenters. The van der Waals surface area contributed by atoms with Crippen LogP contribution in [0.2, 0.25) is 0 Å². The lowest BCUT2D eigenvalue weighted by molar-refractivity contribution is 0.692. The van der Waals surface area contributed by atoms with E-state index in [0.29, 0.717) is 5.69 Å². The first-order valence-corrected chi connectivity index (χ1v) is 4.09. The Balaban J connectivity index is 2.66. The lowest BCUT2D eigenvalue weighted by Gasteiger charge is -1.91. The van der Waals surface area contributed by atoms with Gasteiger partial charge in [-0.25, -0.2) is 4.79 Å². The molecule has 2 aromatic heterocycles. The summed E-state index contributed by atoms with van der Waals surface area (Å²) in [5.74, 6) is 0. The van der Waals surface area contributed by atoms with Crippen LogP contribution in [-0.2, 0) is 14.1 Å². The molecule has 2 heterocycles. The highest BCUT2D eigenvalue weighted by Crippen LogP contribution is 2.06. The molecule has 0 bridgehead atoms. The van der Waals surface area contributed by atoms with Gasteiger partial charge in [0.25, 0.3) is 0 Å². The summed E-state index contributed by atoms with van der Waals surface area (Å²) >= 11 is 0. The third-order valence-corrected chi connectivity index (χ3v) is 1.94. The lowest BCUT2D eigenvalue weighted by atomic mass is 10.4. The molecule has 0 radical (unpaired) electrons. The van der Waals surface area contributed by atoms with Gasteiger partial charge in [0.15, 0.2) is 0 Å². The molecule has 7 nitrogen and oxygen atoms in total. The SMILES string of the molecule is Cc1nn(C)cc1-n1nnn(C)c1=O. The van der Waals surface area contributed by atoms with Crippen LogP contribution in [0, 0.1) is 6.92 Å². The van der Waals surface area contributed by atoms with Gasteiger partial charge in [-0.15, -0.1) is 0 Å². The molecule has 7 heteroatoms. The van der Waals surface area contributed by atoms with Gasteiger partial charge in [-0.2, -0.15) is 14.5 Å². The van der Waals surface area contributed by atoms with E-state index in [-0.39, 0.29) is 5.69 Å². The zero-order chi connectivity index (χ0) is 10.3. The summed E-state index contributed by atoms with van der Waals surface area (Å²) in [7, 11) is 3.34. The molecule has 2 rings (SSSR count). The molecule has 0 saturated carbocycles. The Morgan fingerprint density at radius 3 is 2.43 bits per heavy atom. The third-order valence-electron chi connectivity index (χ3n) is 1.94. The van der Waals surface area contributed by atoms with Crippen LogP contribution in [0.15, 0.2) is 11.0 Å². The summed E-state index contributed by atoms with van der Waals surface area (Å²) in [6.45, 7) is 1.82. The van der Waals surface area contributed by atoms with Gasteiger partial charge in [-0.3, -0.25) is 4.68 Å². The van der Waals surface area contributed by atoms with E-state index in [1.165, 1.54) is 9.36 Å². The second kappa shape index (κ2) is 2.79. The smallest absolute Gasteiger partial charge is 0.273 e. The van der Waals surface area contributed by atoms with Gasteiger partial charge in [0.1, 0.15) is 5.69 Å². The minimum Gasteiger partial charge on any atom is -0.273 e. The number of nitrogens with zero attached hydrogens (tertiary/aromatic N) is 6. The number of rotatable bonds is 1. The molecule has 0 N–H and O–H groups in total. The quantitative estimate of drug-likeness (QED) is 0.584. The molecule has 0 aliphatic heterocycles. The van der Waals surface area contributed by atoms with Crippen molar-refractivity contribution in [2.24, 2.45) is 14.1 Å². The Morgan fingerprint density at radius 1 is 1.29 bits per heavy atom. The topological polar surface area (TPSA) is 70.5 Å². The highest BCUT2D eigenvalue weighted by atomic mass is 16.2. The van der Waals surface area contributed by atoms with E-state index >= 15 is 0 Å². The Bertz CT molecular complexity index is 519. The van der Waals surface area contributed by atoms with Crippen molar-refractivity contribution in [2.75, 3.05) is 0 Å².